The van der Waals surface area contributed by atoms with Crippen LogP contribution in [-0.4, -0.2) is 11.2 Å². The van der Waals surface area contributed by atoms with Gasteiger partial charge < -0.3 is 5.73 Å². The lowest BCUT2D eigenvalue weighted by Crippen LogP contribution is -1.92. The van der Waals surface area contributed by atoms with Crippen molar-refractivity contribution in [3.8, 4) is 0 Å². The van der Waals surface area contributed by atoms with Gasteiger partial charge in [0.1, 0.15) is 5.82 Å². The molecule has 1 heterocycles. The van der Waals surface area contributed by atoms with E-state index in [0.29, 0.717) is 5.82 Å². The van der Waals surface area contributed by atoms with Crippen molar-refractivity contribution >= 4 is 17.6 Å². The normalized spacial score (nSPS) is 8.67. The summed E-state index contributed by atoms with van der Waals surface area (Å²) in [6, 6.07) is 2.03. The first kappa shape index (κ1) is 11.3. The minimum absolute atomic E-state index is 0.623. The Bertz CT molecular complexity index is 236. The highest BCUT2D eigenvalue weighted by atomic mass is 32.2. The molecule has 0 aliphatic carbocycles. The summed E-state index contributed by atoms with van der Waals surface area (Å²) >= 11 is 1.62. The van der Waals surface area contributed by atoms with Gasteiger partial charge in [0.05, 0.1) is 0 Å². The van der Waals surface area contributed by atoms with E-state index in [1.165, 1.54) is 0 Å². The van der Waals surface area contributed by atoms with Crippen LogP contribution in [0.5, 0.6) is 0 Å². The zero-order valence-corrected chi connectivity index (χ0v) is 8.90. The number of aromatic nitrogens is 1. The average Bonchev–Trinajstić information content (AvgIpc) is 2.13. The number of nitrogens with zero attached hydrogens (tertiary/aromatic N) is 1. The standard InChI is InChI=1S/C7H10N2S.C2H6/c1-5-3-6(10-2)7(8)9-4-5;1-2/h3-4H,1-2H3,(H2,8,9);1-2H3. The molecule has 2 N–H and O–H groups in total. The molecular weight excluding hydrogens is 168 g/mol. The largest absolute Gasteiger partial charge is 0.383 e. The van der Waals surface area contributed by atoms with Gasteiger partial charge >= 0.3 is 0 Å². The molecule has 0 aliphatic rings. The van der Waals surface area contributed by atoms with Gasteiger partial charge in [-0.15, -0.1) is 11.8 Å². The number of rotatable bonds is 1. The fraction of sp³-hybridized carbons (Fsp3) is 0.444. The fourth-order valence-electron chi connectivity index (χ4n) is 0.716. The number of pyridine rings is 1. The summed E-state index contributed by atoms with van der Waals surface area (Å²) in [7, 11) is 0. The molecule has 0 amide bonds. The van der Waals surface area contributed by atoms with Gasteiger partial charge in [0, 0.05) is 11.1 Å². The zero-order chi connectivity index (χ0) is 9.56. The van der Waals surface area contributed by atoms with E-state index in [2.05, 4.69) is 4.98 Å². The lowest BCUT2D eigenvalue weighted by atomic mass is 10.3. The molecular formula is C9H16N2S. The number of nitrogen functional groups attached to an aromatic ring is 1. The number of hydrogen-bond donors (Lipinski definition) is 1. The predicted octanol–water partition coefficient (Wildman–Crippen LogP) is 2.72. The first-order valence-electron chi connectivity index (χ1n) is 4.00. The molecule has 0 unspecified atom stereocenters. The Hall–Kier alpha value is -0.700. The van der Waals surface area contributed by atoms with Crippen molar-refractivity contribution in [2.24, 2.45) is 0 Å². The molecule has 0 saturated carbocycles. The summed E-state index contributed by atoms with van der Waals surface area (Å²) < 4.78 is 0. The maximum Gasteiger partial charge on any atom is 0.137 e. The highest BCUT2D eigenvalue weighted by Crippen LogP contribution is 2.20. The van der Waals surface area contributed by atoms with Gasteiger partial charge in [-0.3, -0.25) is 0 Å². The monoisotopic (exact) mass is 184 g/mol. The smallest absolute Gasteiger partial charge is 0.137 e. The van der Waals surface area contributed by atoms with Crippen LogP contribution >= 0.6 is 11.8 Å². The van der Waals surface area contributed by atoms with Gasteiger partial charge in [-0.05, 0) is 24.8 Å². The second kappa shape index (κ2) is 5.89. The Morgan fingerprint density at radius 2 is 2.00 bits per heavy atom. The van der Waals surface area contributed by atoms with Gasteiger partial charge in [0.15, 0.2) is 0 Å². The van der Waals surface area contributed by atoms with Crippen molar-refractivity contribution in [1.29, 1.82) is 0 Å². The van der Waals surface area contributed by atoms with Gasteiger partial charge in [0.25, 0.3) is 0 Å². The van der Waals surface area contributed by atoms with Gasteiger partial charge in [0.2, 0.25) is 0 Å². The van der Waals surface area contributed by atoms with Gasteiger partial charge in [-0.1, -0.05) is 13.8 Å². The molecule has 1 rings (SSSR count). The minimum Gasteiger partial charge on any atom is -0.383 e. The fourth-order valence-corrected chi connectivity index (χ4v) is 1.28. The molecule has 68 valence electrons. The molecule has 1 aromatic heterocycles. The Balaban J connectivity index is 0.000000561. The molecule has 1 aromatic rings. The quantitative estimate of drug-likeness (QED) is 0.682. The van der Waals surface area contributed by atoms with Crippen molar-refractivity contribution in [2.45, 2.75) is 25.7 Å². The van der Waals surface area contributed by atoms with Crippen LogP contribution in [0.3, 0.4) is 0 Å². The third kappa shape index (κ3) is 3.13. The Morgan fingerprint density at radius 1 is 1.42 bits per heavy atom. The van der Waals surface area contributed by atoms with Crippen LogP contribution in [0.1, 0.15) is 19.4 Å². The average molecular weight is 184 g/mol. The molecule has 2 nitrogen and oxygen atoms in total. The first-order valence-corrected chi connectivity index (χ1v) is 5.22. The van der Waals surface area contributed by atoms with E-state index in [0.717, 1.165) is 10.5 Å². The van der Waals surface area contributed by atoms with E-state index in [9.17, 15) is 0 Å². The molecule has 0 aliphatic heterocycles. The first-order chi connectivity index (χ1) is 5.74. The van der Waals surface area contributed by atoms with E-state index < -0.39 is 0 Å². The van der Waals surface area contributed by atoms with Gasteiger partial charge in [-0.2, -0.15) is 0 Å². The molecule has 0 bridgehead atoms. The second-order valence-electron chi connectivity index (χ2n) is 2.10. The van der Waals surface area contributed by atoms with E-state index in [1.54, 1.807) is 18.0 Å². The maximum atomic E-state index is 5.57. The maximum absolute atomic E-state index is 5.57. The van der Waals surface area contributed by atoms with Crippen LogP contribution in [0.2, 0.25) is 0 Å². The third-order valence-electron chi connectivity index (χ3n) is 1.24. The Kier molecular flexibility index (Phi) is 5.54. The summed E-state index contributed by atoms with van der Waals surface area (Å²) in [5.74, 6) is 0.623. The second-order valence-corrected chi connectivity index (χ2v) is 2.95. The number of thioether (sulfide) groups is 1. The van der Waals surface area contributed by atoms with E-state index >= 15 is 0 Å². The number of anilines is 1. The molecule has 0 fully saturated rings. The van der Waals surface area contributed by atoms with Crippen LogP contribution in [-0.2, 0) is 0 Å². The van der Waals surface area contributed by atoms with Crippen molar-refractivity contribution in [3.63, 3.8) is 0 Å². The molecule has 3 heteroatoms. The van der Waals surface area contributed by atoms with E-state index in [4.69, 9.17) is 5.73 Å². The Morgan fingerprint density at radius 3 is 2.42 bits per heavy atom. The SMILES string of the molecule is CC.CSc1cc(C)cnc1N. The zero-order valence-electron chi connectivity index (χ0n) is 8.09. The molecule has 0 saturated heterocycles. The molecule has 0 spiro atoms. The van der Waals surface area contributed by atoms with E-state index in [-0.39, 0.29) is 0 Å². The van der Waals surface area contributed by atoms with Crippen molar-refractivity contribution < 1.29 is 0 Å². The van der Waals surface area contributed by atoms with Crippen LogP contribution in [0.25, 0.3) is 0 Å². The minimum atomic E-state index is 0.623. The molecule has 12 heavy (non-hydrogen) atoms. The predicted molar refractivity (Wildman–Crippen MR) is 56.5 cm³/mol. The van der Waals surface area contributed by atoms with Crippen LogP contribution < -0.4 is 5.73 Å². The molecule has 0 aromatic carbocycles. The highest BCUT2D eigenvalue weighted by molar-refractivity contribution is 7.98. The summed E-state index contributed by atoms with van der Waals surface area (Å²) in [6.45, 7) is 6.01. The van der Waals surface area contributed by atoms with Crippen molar-refractivity contribution in [1.82, 2.24) is 4.98 Å². The summed E-state index contributed by atoms with van der Waals surface area (Å²) in [4.78, 5) is 5.06. The van der Waals surface area contributed by atoms with Crippen LogP contribution in [0.4, 0.5) is 5.82 Å². The van der Waals surface area contributed by atoms with Gasteiger partial charge in [-0.25, -0.2) is 4.98 Å². The summed E-state index contributed by atoms with van der Waals surface area (Å²) in [5.41, 5.74) is 6.72. The number of aryl methyl sites for hydroxylation is 1. The molecule has 0 radical (unpaired) electrons. The topological polar surface area (TPSA) is 38.9 Å². The Labute approximate surface area is 78.6 Å². The van der Waals surface area contributed by atoms with Crippen molar-refractivity contribution in [2.75, 3.05) is 12.0 Å². The third-order valence-corrected chi connectivity index (χ3v) is 2.01. The van der Waals surface area contributed by atoms with Crippen LogP contribution in [0.15, 0.2) is 17.2 Å². The molecule has 0 atom stereocenters. The lowest BCUT2D eigenvalue weighted by Gasteiger charge is -2.00. The summed E-state index contributed by atoms with van der Waals surface area (Å²) in [6.07, 6.45) is 3.77. The summed E-state index contributed by atoms with van der Waals surface area (Å²) in [5, 5.41) is 0. The number of hydrogen-bond acceptors (Lipinski definition) is 3. The van der Waals surface area contributed by atoms with E-state index in [1.807, 2.05) is 33.1 Å². The lowest BCUT2D eigenvalue weighted by molar-refractivity contribution is 1.20. The number of nitrogens with two attached hydrogens (primary N) is 1. The van der Waals surface area contributed by atoms with Crippen molar-refractivity contribution in [3.05, 3.63) is 17.8 Å². The highest BCUT2D eigenvalue weighted by Gasteiger charge is 1.96. The van der Waals surface area contributed by atoms with Crippen LogP contribution in [0, 0.1) is 6.92 Å².